The number of rotatable bonds is 2. The Balaban J connectivity index is 1.89. The predicted molar refractivity (Wildman–Crippen MR) is 83.3 cm³/mol. The van der Waals surface area contributed by atoms with Gasteiger partial charge in [-0.3, -0.25) is 0 Å². The van der Waals surface area contributed by atoms with Crippen LogP contribution in [-0.4, -0.2) is 20.3 Å². The van der Waals surface area contributed by atoms with Crippen molar-refractivity contribution in [2.75, 3.05) is 0 Å². The van der Waals surface area contributed by atoms with Crippen molar-refractivity contribution >= 4 is 14.0 Å². The number of oxime groups is 1. The molecule has 108 valence electrons. The lowest BCUT2D eigenvalue weighted by Crippen LogP contribution is -2.45. The smallest absolute Gasteiger partial charge is 0.221 e. The van der Waals surface area contributed by atoms with E-state index in [1.807, 2.05) is 0 Å². The first-order valence-corrected chi connectivity index (χ1v) is 10.9. The molecule has 0 fully saturated rings. The van der Waals surface area contributed by atoms with Crippen molar-refractivity contribution < 1.29 is 9.26 Å². The van der Waals surface area contributed by atoms with Crippen LogP contribution in [0.3, 0.4) is 0 Å². The third kappa shape index (κ3) is 2.54. The van der Waals surface area contributed by atoms with Crippen LogP contribution in [0.2, 0.25) is 19.6 Å². The standard InChI is InChI=1S/C16H23NO2Si/c1-11-13-10-9-12-7-5-6-8-14(12)15(13)17-18-16(11)19-20(2,3)4/h5-8,11,13,16H,9-10H2,1-4H3/t11-,13-,16+/m1/s1. The molecular formula is C16H23NO2Si. The fourth-order valence-corrected chi connectivity index (χ4v) is 4.09. The molecule has 0 saturated carbocycles. The van der Waals surface area contributed by atoms with Gasteiger partial charge in [0.15, 0.2) is 8.32 Å². The van der Waals surface area contributed by atoms with Crippen LogP contribution in [0.15, 0.2) is 29.4 Å². The maximum absolute atomic E-state index is 6.14. The van der Waals surface area contributed by atoms with Gasteiger partial charge >= 0.3 is 0 Å². The Labute approximate surface area is 122 Å². The minimum atomic E-state index is -1.61. The zero-order valence-corrected chi connectivity index (χ0v) is 13.7. The highest BCUT2D eigenvalue weighted by molar-refractivity contribution is 6.69. The first-order chi connectivity index (χ1) is 9.46. The van der Waals surface area contributed by atoms with Crippen molar-refractivity contribution in [1.82, 2.24) is 0 Å². The Morgan fingerprint density at radius 3 is 2.75 bits per heavy atom. The Kier molecular flexibility index (Phi) is 3.46. The number of aryl methyl sites for hydroxylation is 1. The van der Waals surface area contributed by atoms with Gasteiger partial charge in [0.1, 0.15) is 0 Å². The van der Waals surface area contributed by atoms with E-state index in [4.69, 9.17) is 9.26 Å². The molecule has 1 aliphatic carbocycles. The molecule has 0 unspecified atom stereocenters. The average molecular weight is 289 g/mol. The van der Waals surface area contributed by atoms with Gasteiger partial charge in [-0.2, -0.15) is 0 Å². The molecule has 1 aromatic carbocycles. The van der Waals surface area contributed by atoms with Crippen LogP contribution < -0.4 is 0 Å². The summed E-state index contributed by atoms with van der Waals surface area (Å²) in [6, 6.07) is 8.54. The molecule has 3 rings (SSSR count). The number of hydrogen-bond acceptors (Lipinski definition) is 3. The maximum atomic E-state index is 6.14. The fourth-order valence-electron chi connectivity index (χ4n) is 3.14. The summed E-state index contributed by atoms with van der Waals surface area (Å²) >= 11 is 0. The van der Waals surface area contributed by atoms with E-state index in [2.05, 4.69) is 56.0 Å². The maximum Gasteiger partial charge on any atom is 0.221 e. The summed E-state index contributed by atoms with van der Waals surface area (Å²) in [4.78, 5) is 5.69. The largest absolute Gasteiger partial charge is 0.382 e. The molecule has 0 spiro atoms. The van der Waals surface area contributed by atoms with E-state index in [1.165, 1.54) is 11.1 Å². The number of fused-ring (bicyclic) bond motifs is 3. The first-order valence-electron chi connectivity index (χ1n) is 7.45. The number of hydrogen-bond donors (Lipinski definition) is 0. The molecule has 1 aliphatic heterocycles. The molecule has 3 nitrogen and oxygen atoms in total. The lowest BCUT2D eigenvalue weighted by atomic mass is 9.75. The zero-order valence-electron chi connectivity index (χ0n) is 12.7. The highest BCUT2D eigenvalue weighted by atomic mass is 28.4. The van der Waals surface area contributed by atoms with Crippen molar-refractivity contribution in [1.29, 1.82) is 0 Å². The average Bonchev–Trinajstić information content (AvgIpc) is 2.40. The molecule has 0 aromatic heterocycles. The van der Waals surface area contributed by atoms with Gasteiger partial charge in [-0.1, -0.05) is 36.3 Å². The van der Waals surface area contributed by atoms with Crippen molar-refractivity contribution in [3.8, 4) is 0 Å². The van der Waals surface area contributed by atoms with E-state index in [-0.39, 0.29) is 6.29 Å². The Morgan fingerprint density at radius 1 is 1.25 bits per heavy atom. The van der Waals surface area contributed by atoms with Gasteiger partial charge in [-0.25, -0.2) is 0 Å². The quantitative estimate of drug-likeness (QED) is 0.775. The molecular weight excluding hydrogens is 266 g/mol. The molecule has 0 amide bonds. The van der Waals surface area contributed by atoms with E-state index < -0.39 is 8.32 Å². The van der Waals surface area contributed by atoms with E-state index in [9.17, 15) is 0 Å². The lowest BCUT2D eigenvalue weighted by molar-refractivity contribution is -0.135. The van der Waals surface area contributed by atoms with E-state index >= 15 is 0 Å². The Hall–Kier alpha value is -1.13. The van der Waals surface area contributed by atoms with Crippen LogP contribution in [0.5, 0.6) is 0 Å². The topological polar surface area (TPSA) is 30.8 Å². The normalized spacial score (nSPS) is 29.0. The Bertz CT molecular complexity index is 536. The van der Waals surface area contributed by atoms with Gasteiger partial charge in [-0.05, 0) is 38.0 Å². The Morgan fingerprint density at radius 2 is 2.00 bits per heavy atom. The van der Waals surface area contributed by atoms with Crippen LogP contribution in [0, 0.1) is 11.8 Å². The van der Waals surface area contributed by atoms with Crippen molar-refractivity contribution in [2.24, 2.45) is 17.0 Å². The van der Waals surface area contributed by atoms with Crippen LogP contribution in [-0.2, 0) is 15.7 Å². The molecule has 0 bridgehead atoms. The minimum Gasteiger partial charge on any atom is -0.382 e. The summed E-state index contributed by atoms with van der Waals surface area (Å²) < 4.78 is 6.14. The van der Waals surface area contributed by atoms with Gasteiger partial charge in [0, 0.05) is 17.4 Å². The molecule has 3 atom stereocenters. The van der Waals surface area contributed by atoms with E-state index in [0.717, 1.165) is 18.6 Å². The third-order valence-electron chi connectivity index (χ3n) is 4.16. The zero-order chi connectivity index (χ0) is 14.3. The molecule has 20 heavy (non-hydrogen) atoms. The van der Waals surface area contributed by atoms with Gasteiger partial charge in [0.2, 0.25) is 6.29 Å². The van der Waals surface area contributed by atoms with Gasteiger partial charge in [-0.15, -0.1) is 0 Å². The van der Waals surface area contributed by atoms with Crippen molar-refractivity contribution in [3.63, 3.8) is 0 Å². The highest BCUT2D eigenvalue weighted by Crippen LogP contribution is 2.37. The van der Waals surface area contributed by atoms with Crippen LogP contribution >= 0.6 is 0 Å². The number of nitrogens with zero attached hydrogens (tertiary/aromatic N) is 1. The molecule has 0 saturated heterocycles. The first kappa shape index (κ1) is 13.8. The minimum absolute atomic E-state index is 0.180. The predicted octanol–water partition coefficient (Wildman–Crippen LogP) is 3.80. The van der Waals surface area contributed by atoms with Crippen molar-refractivity contribution in [2.45, 2.75) is 45.7 Å². The van der Waals surface area contributed by atoms with Gasteiger partial charge < -0.3 is 9.26 Å². The van der Waals surface area contributed by atoms with Crippen molar-refractivity contribution in [3.05, 3.63) is 35.4 Å². The SMILES string of the molecule is C[C@H]1[C@H](O[Si](C)(C)C)ON=C2c3ccccc3CC[C@@H]21. The van der Waals surface area contributed by atoms with Gasteiger partial charge in [0.25, 0.3) is 0 Å². The summed E-state index contributed by atoms with van der Waals surface area (Å²) in [6.07, 6.45) is 2.09. The lowest BCUT2D eigenvalue weighted by Gasteiger charge is -2.39. The second-order valence-electron chi connectivity index (χ2n) is 6.84. The van der Waals surface area contributed by atoms with E-state index in [1.54, 1.807) is 0 Å². The summed E-state index contributed by atoms with van der Waals surface area (Å²) in [5, 5.41) is 4.42. The monoisotopic (exact) mass is 289 g/mol. The highest BCUT2D eigenvalue weighted by Gasteiger charge is 2.40. The summed E-state index contributed by atoms with van der Waals surface area (Å²) in [6.45, 7) is 8.81. The second-order valence-corrected chi connectivity index (χ2v) is 11.3. The fraction of sp³-hybridized carbons (Fsp3) is 0.562. The summed E-state index contributed by atoms with van der Waals surface area (Å²) in [5.41, 5.74) is 3.78. The molecule has 4 heteroatoms. The molecule has 2 aliphatic rings. The van der Waals surface area contributed by atoms with Crippen LogP contribution in [0.25, 0.3) is 0 Å². The van der Waals surface area contributed by atoms with Crippen LogP contribution in [0.4, 0.5) is 0 Å². The molecule has 1 heterocycles. The summed E-state index contributed by atoms with van der Waals surface area (Å²) in [7, 11) is -1.61. The molecule has 1 aromatic rings. The third-order valence-corrected chi connectivity index (χ3v) is 5.10. The molecule has 0 radical (unpaired) electrons. The van der Waals surface area contributed by atoms with E-state index in [0.29, 0.717) is 11.8 Å². The second kappa shape index (κ2) is 5.01. The van der Waals surface area contributed by atoms with Gasteiger partial charge in [0.05, 0.1) is 5.71 Å². The molecule has 0 N–H and O–H groups in total. The number of benzene rings is 1. The summed E-state index contributed by atoms with van der Waals surface area (Å²) in [5.74, 6) is 0.822. The van der Waals surface area contributed by atoms with Crippen LogP contribution in [0.1, 0.15) is 24.5 Å².